The molecule has 1 aliphatic rings. The molecule has 0 aromatic rings. The van der Waals surface area contributed by atoms with E-state index in [-0.39, 0.29) is 24.1 Å². The third-order valence-electron chi connectivity index (χ3n) is 3.71. The molecule has 0 spiro atoms. The number of nitrogens with one attached hydrogen (secondary N) is 1. The zero-order chi connectivity index (χ0) is 16.0. The number of rotatable bonds is 5. The minimum absolute atomic E-state index is 0.0781. The summed E-state index contributed by atoms with van der Waals surface area (Å²) in [6.07, 6.45) is 2.48. The van der Waals surface area contributed by atoms with Crippen molar-refractivity contribution in [1.29, 1.82) is 0 Å². The molecule has 2 amide bonds. The van der Waals surface area contributed by atoms with Crippen LogP contribution >= 0.6 is 0 Å². The Kier molecular flexibility index (Phi) is 6.45. The average molecular weight is 300 g/mol. The molecule has 1 rings (SSSR count). The first kappa shape index (κ1) is 17.8. The van der Waals surface area contributed by atoms with Crippen LogP contribution in [0.1, 0.15) is 40.0 Å². The molecule has 2 N–H and O–H groups in total. The van der Waals surface area contributed by atoms with Gasteiger partial charge in [-0.2, -0.15) is 0 Å². The number of ether oxygens (including phenoxy) is 1. The molecule has 1 heterocycles. The molecule has 0 aromatic carbocycles. The van der Waals surface area contributed by atoms with E-state index in [1.807, 2.05) is 20.8 Å². The number of carbonyl (C=O) groups excluding carboxylic acids is 1. The summed E-state index contributed by atoms with van der Waals surface area (Å²) in [5.74, 6) is -1.42. The quantitative estimate of drug-likeness (QED) is 0.813. The van der Waals surface area contributed by atoms with Crippen LogP contribution in [0.2, 0.25) is 0 Å². The number of carboxylic acids is 1. The third kappa shape index (κ3) is 6.33. The molecule has 2 atom stereocenters. The zero-order valence-corrected chi connectivity index (χ0v) is 13.5. The van der Waals surface area contributed by atoms with Gasteiger partial charge >= 0.3 is 12.0 Å². The predicted molar refractivity (Wildman–Crippen MR) is 80.2 cm³/mol. The van der Waals surface area contributed by atoms with Crippen LogP contribution in [0.3, 0.4) is 0 Å². The standard InChI is InChI=1S/C15H28N2O4/c1-15(2,3)8-11(13(18)19)9-16-14(20)17-7-5-6-12(10-17)21-4/h11-12H,5-10H2,1-4H3,(H,16,20)(H,18,19). The van der Waals surface area contributed by atoms with Crippen LogP contribution in [-0.4, -0.2) is 54.9 Å². The van der Waals surface area contributed by atoms with Gasteiger partial charge in [-0.3, -0.25) is 4.79 Å². The van der Waals surface area contributed by atoms with Gasteiger partial charge in [-0.05, 0) is 24.7 Å². The lowest BCUT2D eigenvalue weighted by atomic mass is 9.84. The van der Waals surface area contributed by atoms with Crippen LogP contribution < -0.4 is 5.32 Å². The molecule has 1 aliphatic heterocycles. The fourth-order valence-corrected chi connectivity index (χ4v) is 2.62. The number of amides is 2. The topological polar surface area (TPSA) is 78.9 Å². The van der Waals surface area contributed by atoms with E-state index in [9.17, 15) is 14.7 Å². The number of hydrogen-bond donors (Lipinski definition) is 2. The minimum Gasteiger partial charge on any atom is -0.481 e. The maximum atomic E-state index is 12.1. The van der Waals surface area contributed by atoms with Crippen molar-refractivity contribution < 1.29 is 19.4 Å². The highest BCUT2D eigenvalue weighted by molar-refractivity contribution is 5.76. The number of urea groups is 1. The highest BCUT2D eigenvalue weighted by Crippen LogP contribution is 2.24. The fourth-order valence-electron chi connectivity index (χ4n) is 2.62. The summed E-state index contributed by atoms with van der Waals surface area (Å²) in [6.45, 7) is 7.43. The molecular weight excluding hydrogens is 272 g/mol. The molecule has 21 heavy (non-hydrogen) atoms. The lowest BCUT2D eigenvalue weighted by molar-refractivity contribution is -0.142. The number of piperidine rings is 1. The molecule has 0 aliphatic carbocycles. The number of carboxylic acid groups (broad SMARTS) is 1. The van der Waals surface area contributed by atoms with E-state index in [4.69, 9.17) is 4.74 Å². The normalized spacial score (nSPS) is 21.0. The Labute approximate surface area is 126 Å². The zero-order valence-electron chi connectivity index (χ0n) is 13.5. The number of nitrogens with zero attached hydrogens (tertiary/aromatic N) is 1. The van der Waals surface area contributed by atoms with Gasteiger partial charge in [-0.1, -0.05) is 20.8 Å². The number of carbonyl (C=O) groups is 2. The van der Waals surface area contributed by atoms with Crippen LogP contribution in [0.4, 0.5) is 4.79 Å². The highest BCUT2D eigenvalue weighted by Gasteiger charge is 2.27. The summed E-state index contributed by atoms with van der Waals surface area (Å²) < 4.78 is 5.29. The monoisotopic (exact) mass is 300 g/mol. The lowest BCUT2D eigenvalue weighted by Gasteiger charge is -2.32. The Bertz CT molecular complexity index is 365. The summed E-state index contributed by atoms with van der Waals surface area (Å²) in [7, 11) is 1.65. The van der Waals surface area contributed by atoms with Crippen molar-refractivity contribution in [2.75, 3.05) is 26.7 Å². The van der Waals surface area contributed by atoms with Gasteiger partial charge in [-0.15, -0.1) is 0 Å². The number of methoxy groups -OCH3 is 1. The van der Waals surface area contributed by atoms with Crippen molar-refractivity contribution in [3.8, 4) is 0 Å². The van der Waals surface area contributed by atoms with E-state index in [2.05, 4.69) is 5.32 Å². The van der Waals surface area contributed by atoms with E-state index in [0.29, 0.717) is 19.5 Å². The van der Waals surface area contributed by atoms with Gasteiger partial charge in [0.15, 0.2) is 0 Å². The van der Waals surface area contributed by atoms with Crippen molar-refractivity contribution in [1.82, 2.24) is 10.2 Å². The number of likely N-dealkylation sites (tertiary alicyclic amines) is 1. The predicted octanol–water partition coefficient (Wildman–Crippen LogP) is 1.94. The number of aliphatic carboxylic acids is 1. The van der Waals surface area contributed by atoms with Crippen molar-refractivity contribution in [3.05, 3.63) is 0 Å². The van der Waals surface area contributed by atoms with Gasteiger partial charge in [-0.25, -0.2) is 4.79 Å². The SMILES string of the molecule is COC1CCCN(C(=O)NCC(CC(C)(C)C)C(=O)O)C1. The van der Waals surface area contributed by atoms with Crippen molar-refractivity contribution in [2.45, 2.75) is 46.1 Å². The fraction of sp³-hybridized carbons (Fsp3) is 0.867. The molecule has 1 saturated heterocycles. The largest absolute Gasteiger partial charge is 0.481 e. The smallest absolute Gasteiger partial charge is 0.317 e. The Morgan fingerprint density at radius 3 is 2.62 bits per heavy atom. The second-order valence-electron chi connectivity index (χ2n) is 6.93. The molecule has 1 fully saturated rings. The Hall–Kier alpha value is -1.30. The van der Waals surface area contributed by atoms with E-state index in [0.717, 1.165) is 12.8 Å². The maximum absolute atomic E-state index is 12.1. The Balaban J connectivity index is 2.47. The molecular formula is C15H28N2O4. The Morgan fingerprint density at radius 2 is 2.10 bits per heavy atom. The van der Waals surface area contributed by atoms with Gasteiger partial charge in [0.1, 0.15) is 0 Å². The van der Waals surface area contributed by atoms with E-state index in [1.165, 1.54) is 0 Å². The maximum Gasteiger partial charge on any atom is 0.317 e. The molecule has 0 aromatic heterocycles. The molecule has 2 unspecified atom stereocenters. The van der Waals surface area contributed by atoms with Gasteiger partial charge in [0.05, 0.1) is 12.0 Å². The van der Waals surface area contributed by atoms with E-state index in [1.54, 1.807) is 12.0 Å². The summed E-state index contributed by atoms with van der Waals surface area (Å²) in [5.41, 5.74) is -0.0833. The number of hydrogen-bond acceptors (Lipinski definition) is 3. The molecule has 122 valence electrons. The van der Waals surface area contributed by atoms with Crippen LogP contribution in [-0.2, 0) is 9.53 Å². The summed E-state index contributed by atoms with van der Waals surface area (Å²) >= 11 is 0. The van der Waals surface area contributed by atoms with Crippen LogP contribution in [0.25, 0.3) is 0 Å². The van der Waals surface area contributed by atoms with E-state index >= 15 is 0 Å². The second kappa shape index (κ2) is 7.64. The first-order chi connectivity index (χ1) is 9.73. The summed E-state index contributed by atoms with van der Waals surface area (Å²) in [6, 6.07) is -0.197. The highest BCUT2D eigenvalue weighted by atomic mass is 16.5. The molecule has 6 heteroatoms. The first-order valence-electron chi connectivity index (χ1n) is 7.51. The van der Waals surface area contributed by atoms with E-state index < -0.39 is 11.9 Å². The van der Waals surface area contributed by atoms with Crippen molar-refractivity contribution >= 4 is 12.0 Å². The molecule has 0 saturated carbocycles. The van der Waals surface area contributed by atoms with Gasteiger partial charge < -0.3 is 20.1 Å². The van der Waals surface area contributed by atoms with Gasteiger partial charge in [0.25, 0.3) is 0 Å². The summed E-state index contributed by atoms with van der Waals surface area (Å²) in [5, 5.41) is 12.0. The first-order valence-corrected chi connectivity index (χ1v) is 7.51. The molecule has 0 bridgehead atoms. The van der Waals surface area contributed by atoms with Crippen LogP contribution in [0.15, 0.2) is 0 Å². The van der Waals surface area contributed by atoms with Crippen molar-refractivity contribution in [3.63, 3.8) is 0 Å². The minimum atomic E-state index is -0.862. The van der Waals surface area contributed by atoms with Crippen LogP contribution in [0, 0.1) is 11.3 Å². The van der Waals surface area contributed by atoms with Gasteiger partial charge in [0.2, 0.25) is 0 Å². The third-order valence-corrected chi connectivity index (χ3v) is 3.71. The van der Waals surface area contributed by atoms with Crippen molar-refractivity contribution in [2.24, 2.45) is 11.3 Å². The second-order valence-corrected chi connectivity index (χ2v) is 6.93. The molecule has 0 radical (unpaired) electrons. The van der Waals surface area contributed by atoms with Gasteiger partial charge in [0, 0.05) is 26.7 Å². The Morgan fingerprint density at radius 1 is 1.43 bits per heavy atom. The average Bonchev–Trinajstić information content (AvgIpc) is 2.41. The van der Waals surface area contributed by atoms with Crippen LogP contribution in [0.5, 0.6) is 0 Å². The molecule has 6 nitrogen and oxygen atoms in total. The summed E-state index contributed by atoms with van der Waals surface area (Å²) in [4.78, 5) is 25.1. The lowest BCUT2D eigenvalue weighted by Crippen LogP contribution is -2.49.